The van der Waals surface area contributed by atoms with Crippen molar-refractivity contribution >= 4 is 23.5 Å². The highest BCUT2D eigenvalue weighted by Gasteiger charge is 2.29. The van der Waals surface area contributed by atoms with Crippen molar-refractivity contribution in [3.05, 3.63) is 29.8 Å². The van der Waals surface area contributed by atoms with Crippen LogP contribution in [0.3, 0.4) is 0 Å². The van der Waals surface area contributed by atoms with Gasteiger partial charge in [0.05, 0.1) is 5.92 Å². The summed E-state index contributed by atoms with van der Waals surface area (Å²) in [5, 5.41) is 11.9. The standard InChI is InChI=1S/C20H26N2O4/c23-18(14-7-9-15(10-8-14)20(25)26)21-17-6-4-5-16(13-17)19(24)22-11-2-1-3-12-22/h4-6,13-15H,1-3,7-12H2,(H,21,23)(H,25,26). The molecule has 1 aromatic carbocycles. The Kier molecular flexibility index (Phi) is 5.91. The summed E-state index contributed by atoms with van der Waals surface area (Å²) in [5.41, 5.74) is 1.22. The molecule has 0 radical (unpaired) electrons. The van der Waals surface area contributed by atoms with Gasteiger partial charge in [-0.15, -0.1) is 0 Å². The van der Waals surface area contributed by atoms with Gasteiger partial charge in [0.2, 0.25) is 5.91 Å². The Hall–Kier alpha value is -2.37. The molecule has 1 aromatic rings. The molecule has 2 aliphatic rings. The molecule has 6 heteroatoms. The summed E-state index contributed by atoms with van der Waals surface area (Å²) in [7, 11) is 0. The molecule has 6 nitrogen and oxygen atoms in total. The van der Waals surface area contributed by atoms with E-state index in [0.29, 0.717) is 36.9 Å². The normalized spacial score (nSPS) is 23.3. The van der Waals surface area contributed by atoms with Gasteiger partial charge in [0.15, 0.2) is 0 Å². The molecule has 0 unspecified atom stereocenters. The molecule has 26 heavy (non-hydrogen) atoms. The minimum absolute atomic E-state index is 0.0164. The van der Waals surface area contributed by atoms with Crippen LogP contribution in [0.5, 0.6) is 0 Å². The molecule has 1 saturated heterocycles. The zero-order valence-electron chi connectivity index (χ0n) is 14.9. The summed E-state index contributed by atoms with van der Waals surface area (Å²) in [4.78, 5) is 38.0. The summed E-state index contributed by atoms with van der Waals surface area (Å²) in [5.74, 6) is -1.33. The number of carbonyl (C=O) groups is 3. The van der Waals surface area contributed by atoms with E-state index in [1.54, 1.807) is 24.3 Å². The molecule has 0 bridgehead atoms. The molecule has 2 fully saturated rings. The third kappa shape index (κ3) is 4.42. The number of benzene rings is 1. The predicted molar refractivity (Wildman–Crippen MR) is 97.9 cm³/mol. The largest absolute Gasteiger partial charge is 0.481 e. The number of aliphatic carboxylic acids is 1. The third-order valence-corrected chi connectivity index (χ3v) is 5.47. The van der Waals surface area contributed by atoms with Crippen molar-refractivity contribution in [2.45, 2.75) is 44.9 Å². The van der Waals surface area contributed by atoms with Gasteiger partial charge in [-0.1, -0.05) is 6.07 Å². The van der Waals surface area contributed by atoms with E-state index in [2.05, 4.69) is 5.32 Å². The van der Waals surface area contributed by atoms with Crippen LogP contribution in [0, 0.1) is 11.8 Å². The molecule has 2 N–H and O–H groups in total. The Morgan fingerprint density at radius 1 is 0.962 bits per heavy atom. The molecule has 1 heterocycles. The Bertz CT molecular complexity index is 674. The molecule has 1 saturated carbocycles. The number of piperidine rings is 1. The van der Waals surface area contributed by atoms with Crippen molar-refractivity contribution in [3.8, 4) is 0 Å². The summed E-state index contributed by atoms with van der Waals surface area (Å²) >= 11 is 0. The SMILES string of the molecule is O=C(O)C1CCC(C(=O)Nc2cccc(C(=O)N3CCCCC3)c2)CC1. The molecule has 1 aliphatic heterocycles. The first-order valence-corrected chi connectivity index (χ1v) is 9.47. The van der Waals surface area contributed by atoms with Crippen LogP contribution < -0.4 is 5.32 Å². The first kappa shape index (κ1) is 18.4. The monoisotopic (exact) mass is 358 g/mol. The number of likely N-dealkylation sites (tertiary alicyclic amines) is 1. The molecule has 0 aromatic heterocycles. The highest BCUT2D eigenvalue weighted by Crippen LogP contribution is 2.30. The number of nitrogens with one attached hydrogen (secondary N) is 1. The lowest BCUT2D eigenvalue weighted by Gasteiger charge is -2.27. The Morgan fingerprint density at radius 2 is 1.62 bits per heavy atom. The van der Waals surface area contributed by atoms with Crippen LogP contribution >= 0.6 is 0 Å². The first-order valence-electron chi connectivity index (χ1n) is 9.47. The fourth-order valence-electron chi connectivity index (χ4n) is 3.86. The van der Waals surface area contributed by atoms with Gasteiger partial charge in [-0.3, -0.25) is 14.4 Å². The fraction of sp³-hybridized carbons (Fsp3) is 0.550. The lowest BCUT2D eigenvalue weighted by atomic mass is 9.81. The average Bonchev–Trinajstić information content (AvgIpc) is 2.68. The van der Waals surface area contributed by atoms with Gasteiger partial charge >= 0.3 is 5.97 Å². The van der Waals surface area contributed by atoms with E-state index < -0.39 is 5.97 Å². The maximum atomic E-state index is 12.6. The van der Waals surface area contributed by atoms with Crippen molar-refractivity contribution in [1.82, 2.24) is 4.90 Å². The van der Waals surface area contributed by atoms with E-state index in [9.17, 15) is 14.4 Å². The van der Waals surface area contributed by atoms with E-state index in [1.165, 1.54) is 6.42 Å². The van der Waals surface area contributed by atoms with E-state index in [0.717, 1.165) is 25.9 Å². The van der Waals surface area contributed by atoms with Crippen LogP contribution in [0.4, 0.5) is 5.69 Å². The predicted octanol–water partition coefficient (Wildman–Crippen LogP) is 3.14. The molecule has 3 rings (SSSR count). The van der Waals surface area contributed by atoms with Gasteiger partial charge in [0.25, 0.3) is 5.91 Å². The maximum Gasteiger partial charge on any atom is 0.306 e. The molecule has 1 aliphatic carbocycles. The van der Waals surface area contributed by atoms with Crippen molar-refractivity contribution in [2.24, 2.45) is 11.8 Å². The quantitative estimate of drug-likeness (QED) is 0.866. The number of rotatable bonds is 4. The van der Waals surface area contributed by atoms with Crippen molar-refractivity contribution in [2.75, 3.05) is 18.4 Å². The Balaban J connectivity index is 1.59. The number of carbonyl (C=O) groups excluding carboxylic acids is 2. The Morgan fingerprint density at radius 3 is 2.27 bits per heavy atom. The second kappa shape index (κ2) is 8.34. The smallest absolute Gasteiger partial charge is 0.306 e. The highest BCUT2D eigenvalue weighted by molar-refractivity contribution is 5.97. The first-order chi connectivity index (χ1) is 12.5. The van der Waals surface area contributed by atoms with Crippen LogP contribution in [-0.4, -0.2) is 40.9 Å². The number of anilines is 1. The average molecular weight is 358 g/mol. The van der Waals surface area contributed by atoms with Crippen LogP contribution in [0.1, 0.15) is 55.3 Å². The van der Waals surface area contributed by atoms with E-state index >= 15 is 0 Å². The summed E-state index contributed by atoms with van der Waals surface area (Å²) < 4.78 is 0. The van der Waals surface area contributed by atoms with Crippen LogP contribution in [0.15, 0.2) is 24.3 Å². The van der Waals surface area contributed by atoms with E-state index in [-0.39, 0.29) is 23.7 Å². The minimum Gasteiger partial charge on any atom is -0.481 e. The molecule has 0 spiro atoms. The van der Waals surface area contributed by atoms with Crippen molar-refractivity contribution in [1.29, 1.82) is 0 Å². The van der Waals surface area contributed by atoms with Crippen LogP contribution in [0.2, 0.25) is 0 Å². The Labute approximate surface area is 153 Å². The topological polar surface area (TPSA) is 86.7 Å². The molecule has 0 atom stereocenters. The zero-order valence-corrected chi connectivity index (χ0v) is 14.9. The second-order valence-electron chi connectivity index (χ2n) is 7.31. The fourth-order valence-corrected chi connectivity index (χ4v) is 3.86. The number of hydrogen-bond donors (Lipinski definition) is 2. The zero-order chi connectivity index (χ0) is 18.5. The van der Waals surface area contributed by atoms with Gasteiger partial charge in [-0.25, -0.2) is 0 Å². The number of carboxylic acid groups (broad SMARTS) is 1. The van der Waals surface area contributed by atoms with Crippen LogP contribution in [0.25, 0.3) is 0 Å². The van der Waals surface area contributed by atoms with Gasteiger partial charge in [-0.05, 0) is 63.1 Å². The summed E-state index contributed by atoms with van der Waals surface area (Å²) in [6.07, 6.45) is 5.53. The summed E-state index contributed by atoms with van der Waals surface area (Å²) in [6.45, 7) is 1.59. The lowest BCUT2D eigenvalue weighted by Crippen LogP contribution is -2.35. The number of carboxylic acids is 1. The van der Waals surface area contributed by atoms with Crippen molar-refractivity contribution in [3.63, 3.8) is 0 Å². The molecule has 2 amide bonds. The maximum absolute atomic E-state index is 12.6. The van der Waals surface area contributed by atoms with Gasteiger partial charge in [0, 0.05) is 30.3 Å². The minimum atomic E-state index is -0.771. The van der Waals surface area contributed by atoms with E-state index in [4.69, 9.17) is 5.11 Å². The van der Waals surface area contributed by atoms with Crippen LogP contribution in [-0.2, 0) is 9.59 Å². The van der Waals surface area contributed by atoms with E-state index in [1.807, 2.05) is 4.90 Å². The third-order valence-electron chi connectivity index (χ3n) is 5.47. The molecular formula is C20H26N2O4. The van der Waals surface area contributed by atoms with Gasteiger partial charge < -0.3 is 15.3 Å². The summed E-state index contributed by atoms with van der Waals surface area (Å²) in [6, 6.07) is 7.09. The highest BCUT2D eigenvalue weighted by atomic mass is 16.4. The molecular weight excluding hydrogens is 332 g/mol. The number of hydrogen-bond acceptors (Lipinski definition) is 3. The number of nitrogens with zero attached hydrogens (tertiary/aromatic N) is 1. The second-order valence-corrected chi connectivity index (χ2v) is 7.31. The van der Waals surface area contributed by atoms with Crippen molar-refractivity contribution < 1.29 is 19.5 Å². The number of amides is 2. The van der Waals surface area contributed by atoms with Gasteiger partial charge in [0.1, 0.15) is 0 Å². The van der Waals surface area contributed by atoms with Gasteiger partial charge in [-0.2, -0.15) is 0 Å². The molecule has 140 valence electrons. The lowest BCUT2D eigenvalue weighted by molar-refractivity contribution is -0.143.